The zero-order chi connectivity index (χ0) is 14.4. The zero-order valence-corrected chi connectivity index (χ0v) is 11.1. The first-order chi connectivity index (χ1) is 9.70. The Morgan fingerprint density at radius 1 is 1.35 bits per heavy atom. The van der Waals surface area contributed by atoms with Crippen LogP contribution in [-0.4, -0.2) is 22.6 Å². The third-order valence-electron chi connectivity index (χ3n) is 2.59. The Morgan fingerprint density at radius 2 is 2.20 bits per heavy atom. The Hall–Kier alpha value is -2.71. The fraction of sp³-hybridized carbons (Fsp3) is 0.133. The lowest BCUT2D eigenvalue weighted by atomic mass is 10.1. The molecule has 5 heteroatoms. The number of aryl methyl sites for hydroxylation is 1. The minimum atomic E-state index is -0.249. The number of nitrogens with zero attached hydrogens (tertiary/aromatic N) is 2. The summed E-state index contributed by atoms with van der Waals surface area (Å²) in [6, 6.07) is 7.26. The Morgan fingerprint density at radius 3 is 2.90 bits per heavy atom. The number of benzene rings is 1. The van der Waals surface area contributed by atoms with Crippen LogP contribution in [0.2, 0.25) is 0 Å². The molecule has 0 radical (unpaired) electrons. The highest BCUT2D eigenvalue weighted by Gasteiger charge is 2.08. The maximum absolute atomic E-state index is 12.1. The van der Waals surface area contributed by atoms with Gasteiger partial charge in [0.05, 0.1) is 30.2 Å². The Kier molecular flexibility index (Phi) is 4.43. The van der Waals surface area contributed by atoms with E-state index in [-0.39, 0.29) is 12.5 Å². The third kappa shape index (κ3) is 3.40. The van der Waals surface area contributed by atoms with E-state index in [9.17, 15) is 4.79 Å². The summed E-state index contributed by atoms with van der Waals surface area (Å²) in [5.74, 6) is 5.47. The number of nitrogens with two attached hydrogens (primary N) is 1. The van der Waals surface area contributed by atoms with Crippen LogP contribution < -0.4 is 11.1 Å². The van der Waals surface area contributed by atoms with Gasteiger partial charge in [0.15, 0.2) is 0 Å². The number of hydrogen-bond donors (Lipinski definition) is 2. The molecule has 0 saturated heterocycles. The highest BCUT2D eigenvalue weighted by Crippen LogP contribution is 2.17. The molecule has 100 valence electrons. The second kappa shape index (κ2) is 6.45. The molecular weight excluding hydrogens is 252 g/mol. The van der Waals surface area contributed by atoms with Crippen LogP contribution in [0.5, 0.6) is 0 Å². The molecule has 2 aromatic rings. The molecule has 0 atom stereocenters. The van der Waals surface area contributed by atoms with E-state index in [2.05, 4.69) is 27.4 Å². The van der Waals surface area contributed by atoms with Crippen LogP contribution in [0.3, 0.4) is 0 Å². The molecule has 1 amide bonds. The molecule has 3 N–H and O–H groups in total. The minimum Gasteiger partial charge on any atom is -0.321 e. The predicted molar refractivity (Wildman–Crippen MR) is 77.1 cm³/mol. The van der Waals surface area contributed by atoms with Crippen LogP contribution in [-0.2, 0) is 0 Å². The van der Waals surface area contributed by atoms with Gasteiger partial charge < -0.3 is 11.1 Å². The predicted octanol–water partition coefficient (Wildman–Crippen LogP) is 1.35. The lowest BCUT2D eigenvalue weighted by Crippen LogP contribution is -2.13. The van der Waals surface area contributed by atoms with Gasteiger partial charge in [-0.05, 0) is 30.7 Å². The molecule has 2 rings (SSSR count). The van der Waals surface area contributed by atoms with Crippen LogP contribution in [0.1, 0.15) is 21.5 Å². The number of amides is 1. The molecule has 0 fully saturated rings. The summed E-state index contributed by atoms with van der Waals surface area (Å²) >= 11 is 0. The van der Waals surface area contributed by atoms with E-state index in [4.69, 9.17) is 5.73 Å². The van der Waals surface area contributed by atoms with Crippen molar-refractivity contribution in [3.63, 3.8) is 0 Å². The highest BCUT2D eigenvalue weighted by molar-refractivity contribution is 6.04. The SMILES string of the molecule is Cc1ccc(C#CCN)c(NC(=O)c2ccnnc2)c1. The monoisotopic (exact) mass is 266 g/mol. The molecule has 20 heavy (non-hydrogen) atoms. The number of anilines is 1. The van der Waals surface area contributed by atoms with Gasteiger partial charge in [-0.1, -0.05) is 17.9 Å². The van der Waals surface area contributed by atoms with E-state index >= 15 is 0 Å². The molecule has 1 heterocycles. The van der Waals surface area contributed by atoms with Crippen molar-refractivity contribution in [2.24, 2.45) is 5.73 Å². The molecular formula is C15H14N4O. The smallest absolute Gasteiger partial charge is 0.257 e. The van der Waals surface area contributed by atoms with Gasteiger partial charge in [-0.15, -0.1) is 0 Å². The van der Waals surface area contributed by atoms with Crippen molar-refractivity contribution in [3.05, 3.63) is 53.3 Å². The average molecular weight is 266 g/mol. The summed E-state index contributed by atoms with van der Waals surface area (Å²) in [5, 5.41) is 10.1. The van der Waals surface area contributed by atoms with Gasteiger partial charge in [0, 0.05) is 5.56 Å². The van der Waals surface area contributed by atoms with Crippen LogP contribution in [0, 0.1) is 18.8 Å². The van der Waals surface area contributed by atoms with Crippen molar-refractivity contribution in [1.82, 2.24) is 10.2 Å². The summed E-state index contributed by atoms with van der Waals surface area (Å²) in [6.07, 6.45) is 2.89. The first kappa shape index (κ1) is 13.7. The first-order valence-electron chi connectivity index (χ1n) is 6.08. The van der Waals surface area contributed by atoms with Crippen LogP contribution in [0.25, 0.3) is 0 Å². The molecule has 0 aliphatic heterocycles. The van der Waals surface area contributed by atoms with Gasteiger partial charge in [0.25, 0.3) is 5.91 Å². The Labute approximate surface area is 117 Å². The molecule has 1 aromatic carbocycles. The summed E-state index contributed by atoms with van der Waals surface area (Å²) in [4.78, 5) is 12.1. The Bertz CT molecular complexity index is 671. The van der Waals surface area contributed by atoms with Gasteiger partial charge in [-0.2, -0.15) is 10.2 Å². The summed E-state index contributed by atoms with van der Waals surface area (Å²) in [7, 11) is 0. The highest BCUT2D eigenvalue weighted by atomic mass is 16.1. The maximum Gasteiger partial charge on any atom is 0.257 e. The zero-order valence-electron chi connectivity index (χ0n) is 11.1. The number of carbonyl (C=O) groups is 1. The second-order valence-electron chi connectivity index (χ2n) is 4.14. The third-order valence-corrected chi connectivity index (χ3v) is 2.59. The largest absolute Gasteiger partial charge is 0.321 e. The average Bonchev–Trinajstić information content (AvgIpc) is 2.47. The van der Waals surface area contributed by atoms with E-state index < -0.39 is 0 Å². The fourth-order valence-electron chi connectivity index (χ4n) is 1.64. The standard InChI is InChI=1S/C15H14N4O/c1-11-4-5-12(3-2-7-16)14(9-11)19-15(20)13-6-8-17-18-10-13/h4-6,8-10H,7,16H2,1H3,(H,19,20). The van der Waals surface area contributed by atoms with E-state index in [0.717, 1.165) is 11.1 Å². The summed E-state index contributed by atoms with van der Waals surface area (Å²) < 4.78 is 0. The fourth-order valence-corrected chi connectivity index (χ4v) is 1.64. The van der Waals surface area contributed by atoms with Crippen molar-refractivity contribution in [3.8, 4) is 11.8 Å². The van der Waals surface area contributed by atoms with Gasteiger partial charge in [0.2, 0.25) is 0 Å². The van der Waals surface area contributed by atoms with Gasteiger partial charge in [-0.25, -0.2) is 0 Å². The second-order valence-corrected chi connectivity index (χ2v) is 4.14. The lowest BCUT2D eigenvalue weighted by Gasteiger charge is -2.08. The lowest BCUT2D eigenvalue weighted by molar-refractivity contribution is 0.102. The van der Waals surface area contributed by atoms with Crippen LogP contribution >= 0.6 is 0 Å². The van der Waals surface area contributed by atoms with E-state index in [1.54, 1.807) is 6.07 Å². The number of aromatic nitrogens is 2. The van der Waals surface area contributed by atoms with Crippen molar-refractivity contribution >= 4 is 11.6 Å². The Balaban J connectivity index is 2.28. The van der Waals surface area contributed by atoms with E-state index in [0.29, 0.717) is 11.3 Å². The molecule has 5 nitrogen and oxygen atoms in total. The van der Waals surface area contributed by atoms with Gasteiger partial charge in [-0.3, -0.25) is 4.79 Å². The molecule has 1 aromatic heterocycles. The van der Waals surface area contributed by atoms with E-state index in [1.165, 1.54) is 12.4 Å². The number of hydrogen-bond acceptors (Lipinski definition) is 4. The molecule has 0 aliphatic carbocycles. The normalized spacial score (nSPS) is 9.50. The number of nitrogens with one attached hydrogen (secondary N) is 1. The van der Waals surface area contributed by atoms with Crippen LogP contribution in [0.15, 0.2) is 36.7 Å². The molecule has 0 bridgehead atoms. The van der Waals surface area contributed by atoms with Crippen molar-refractivity contribution in [2.45, 2.75) is 6.92 Å². The summed E-state index contributed by atoms with van der Waals surface area (Å²) in [6.45, 7) is 2.22. The topological polar surface area (TPSA) is 80.9 Å². The minimum absolute atomic E-state index is 0.249. The molecule has 0 spiro atoms. The maximum atomic E-state index is 12.1. The number of carbonyl (C=O) groups excluding carboxylic acids is 1. The first-order valence-corrected chi connectivity index (χ1v) is 6.08. The molecule has 0 unspecified atom stereocenters. The number of rotatable bonds is 2. The van der Waals surface area contributed by atoms with E-state index in [1.807, 2.05) is 25.1 Å². The van der Waals surface area contributed by atoms with Gasteiger partial charge >= 0.3 is 0 Å². The quantitative estimate of drug-likeness (QED) is 0.804. The van der Waals surface area contributed by atoms with Crippen molar-refractivity contribution in [2.75, 3.05) is 11.9 Å². The van der Waals surface area contributed by atoms with Crippen molar-refractivity contribution in [1.29, 1.82) is 0 Å². The van der Waals surface area contributed by atoms with Crippen LogP contribution in [0.4, 0.5) is 5.69 Å². The van der Waals surface area contributed by atoms with Gasteiger partial charge in [0.1, 0.15) is 0 Å². The summed E-state index contributed by atoms with van der Waals surface area (Å²) in [5.41, 5.74) is 8.24. The van der Waals surface area contributed by atoms with Crippen molar-refractivity contribution < 1.29 is 4.79 Å². The molecule has 0 saturated carbocycles. The molecule has 0 aliphatic rings.